The van der Waals surface area contributed by atoms with Crippen LogP contribution in [0.5, 0.6) is 5.75 Å². The monoisotopic (exact) mass is 584 g/mol. The van der Waals surface area contributed by atoms with Gasteiger partial charge >= 0.3 is 0 Å². The topological polar surface area (TPSA) is 58.6 Å². The van der Waals surface area contributed by atoms with Crippen molar-refractivity contribution in [3.63, 3.8) is 0 Å². The second kappa shape index (κ2) is 13.5. The summed E-state index contributed by atoms with van der Waals surface area (Å²) in [6, 6.07) is 10.3. The van der Waals surface area contributed by atoms with Crippen molar-refractivity contribution in [2.45, 2.75) is 71.9 Å². The Bertz CT molecular complexity index is 1020. The van der Waals surface area contributed by atoms with Crippen LogP contribution in [0.15, 0.2) is 40.9 Å². The van der Waals surface area contributed by atoms with Gasteiger partial charge in [0.15, 0.2) is 6.61 Å². The van der Waals surface area contributed by atoms with Crippen LogP contribution in [-0.4, -0.2) is 35.9 Å². The number of ether oxygens (including phenoxy) is 1. The van der Waals surface area contributed by atoms with Crippen molar-refractivity contribution >= 4 is 50.9 Å². The Morgan fingerprint density at radius 2 is 1.83 bits per heavy atom. The molecular formula is C27H35BrCl2N2O3. The summed E-state index contributed by atoms with van der Waals surface area (Å²) in [6.07, 6.45) is 2.30. The first-order valence-electron chi connectivity index (χ1n) is 11.9. The molecule has 0 saturated heterocycles. The second-order valence-electron chi connectivity index (χ2n) is 9.51. The minimum absolute atomic E-state index is 0.00893. The van der Waals surface area contributed by atoms with Crippen LogP contribution >= 0.6 is 39.1 Å². The van der Waals surface area contributed by atoms with E-state index in [0.29, 0.717) is 34.3 Å². The van der Waals surface area contributed by atoms with Crippen molar-refractivity contribution in [2.75, 3.05) is 13.2 Å². The number of halogens is 3. The molecule has 0 radical (unpaired) electrons. The maximum Gasteiger partial charge on any atom is 0.261 e. The van der Waals surface area contributed by atoms with Crippen LogP contribution in [0.3, 0.4) is 0 Å². The molecule has 0 saturated carbocycles. The van der Waals surface area contributed by atoms with E-state index < -0.39 is 6.04 Å². The molecular weight excluding hydrogens is 551 g/mol. The molecule has 0 heterocycles. The van der Waals surface area contributed by atoms with Gasteiger partial charge in [0.1, 0.15) is 11.8 Å². The molecule has 192 valence electrons. The van der Waals surface area contributed by atoms with Crippen LogP contribution in [-0.2, 0) is 21.5 Å². The standard InChI is InChI=1S/C27H35BrCl2N2O3/c1-6-8-13-31-26(34)23(7-2)32(16-18-9-11-20(29)15-22(18)30)25(33)17-35-24-12-10-19(14-21(24)28)27(3,4)5/h9-12,14-15,23H,6-8,13,16-17H2,1-5H3,(H,31,34)/t23-/m1/s1. The van der Waals surface area contributed by atoms with Crippen molar-refractivity contribution in [1.29, 1.82) is 0 Å². The Morgan fingerprint density at radius 1 is 1.11 bits per heavy atom. The van der Waals surface area contributed by atoms with Crippen LogP contribution in [0.2, 0.25) is 10.0 Å². The number of hydrogen-bond acceptors (Lipinski definition) is 3. The molecule has 1 atom stereocenters. The lowest BCUT2D eigenvalue weighted by Gasteiger charge is -2.31. The van der Waals surface area contributed by atoms with E-state index in [1.54, 1.807) is 18.2 Å². The van der Waals surface area contributed by atoms with Gasteiger partial charge < -0.3 is 15.0 Å². The number of nitrogens with one attached hydrogen (secondary N) is 1. The lowest BCUT2D eigenvalue weighted by atomic mass is 9.87. The highest BCUT2D eigenvalue weighted by Gasteiger charge is 2.29. The van der Waals surface area contributed by atoms with Gasteiger partial charge in [0.25, 0.3) is 5.91 Å². The Hall–Kier alpha value is -1.76. The van der Waals surface area contributed by atoms with Gasteiger partial charge in [-0.25, -0.2) is 0 Å². The Kier molecular flexibility index (Phi) is 11.4. The SMILES string of the molecule is CCCCNC(=O)[C@@H](CC)N(Cc1ccc(Cl)cc1Cl)C(=O)COc1ccc(C(C)(C)C)cc1Br. The zero-order chi connectivity index (χ0) is 26.2. The molecule has 35 heavy (non-hydrogen) atoms. The summed E-state index contributed by atoms with van der Waals surface area (Å²) in [6.45, 7) is 10.9. The van der Waals surface area contributed by atoms with Gasteiger partial charge in [-0.15, -0.1) is 0 Å². The molecule has 0 spiro atoms. The normalized spacial score (nSPS) is 12.2. The smallest absolute Gasteiger partial charge is 0.261 e. The molecule has 0 aliphatic carbocycles. The number of benzene rings is 2. The van der Waals surface area contributed by atoms with Gasteiger partial charge in [0, 0.05) is 23.1 Å². The van der Waals surface area contributed by atoms with Gasteiger partial charge in [0.2, 0.25) is 5.91 Å². The molecule has 2 rings (SSSR count). The molecule has 8 heteroatoms. The molecule has 2 amide bonds. The molecule has 0 fully saturated rings. The van der Waals surface area contributed by atoms with E-state index in [-0.39, 0.29) is 30.4 Å². The summed E-state index contributed by atoms with van der Waals surface area (Å²) in [5, 5.41) is 3.90. The predicted octanol–water partition coefficient (Wildman–Crippen LogP) is 7.16. The van der Waals surface area contributed by atoms with E-state index in [1.807, 2.05) is 25.1 Å². The zero-order valence-electron chi connectivity index (χ0n) is 21.1. The molecule has 0 unspecified atom stereocenters. The maximum absolute atomic E-state index is 13.4. The average Bonchev–Trinajstić information content (AvgIpc) is 2.78. The maximum atomic E-state index is 13.4. The number of nitrogens with zero attached hydrogens (tertiary/aromatic N) is 1. The van der Waals surface area contributed by atoms with Gasteiger partial charge in [-0.05, 0) is 69.6 Å². The minimum Gasteiger partial charge on any atom is -0.483 e. The van der Waals surface area contributed by atoms with Gasteiger partial charge in [-0.2, -0.15) is 0 Å². The largest absolute Gasteiger partial charge is 0.483 e. The molecule has 1 N–H and O–H groups in total. The number of unbranched alkanes of at least 4 members (excludes halogenated alkanes) is 1. The minimum atomic E-state index is -0.651. The van der Waals surface area contributed by atoms with E-state index >= 15 is 0 Å². The average molecular weight is 586 g/mol. The summed E-state index contributed by atoms with van der Waals surface area (Å²) in [5.74, 6) is 0.0756. The predicted molar refractivity (Wildman–Crippen MR) is 147 cm³/mol. The third-order valence-electron chi connectivity index (χ3n) is 5.72. The van der Waals surface area contributed by atoms with Crippen LogP contribution < -0.4 is 10.1 Å². The highest BCUT2D eigenvalue weighted by molar-refractivity contribution is 9.10. The molecule has 2 aromatic carbocycles. The lowest BCUT2D eigenvalue weighted by molar-refractivity contribution is -0.143. The van der Waals surface area contributed by atoms with Gasteiger partial charge in [-0.3, -0.25) is 9.59 Å². The first-order valence-corrected chi connectivity index (χ1v) is 13.5. The van der Waals surface area contributed by atoms with Crippen molar-refractivity contribution in [3.8, 4) is 5.75 Å². The first kappa shape index (κ1) is 29.5. The van der Waals surface area contributed by atoms with Crippen LogP contribution in [0.1, 0.15) is 65.0 Å². The number of hydrogen-bond donors (Lipinski definition) is 1. The van der Waals surface area contributed by atoms with E-state index in [4.69, 9.17) is 27.9 Å². The van der Waals surface area contributed by atoms with E-state index in [2.05, 4.69) is 48.9 Å². The number of amides is 2. The third kappa shape index (κ3) is 8.69. The third-order valence-corrected chi connectivity index (χ3v) is 6.93. The van der Waals surface area contributed by atoms with Crippen molar-refractivity contribution in [2.24, 2.45) is 0 Å². The van der Waals surface area contributed by atoms with Crippen molar-refractivity contribution < 1.29 is 14.3 Å². The Labute approximate surface area is 227 Å². The highest BCUT2D eigenvalue weighted by Crippen LogP contribution is 2.31. The first-order chi connectivity index (χ1) is 16.5. The molecule has 0 aliphatic heterocycles. The summed E-state index contributed by atoms with van der Waals surface area (Å²) < 4.78 is 6.66. The highest BCUT2D eigenvalue weighted by atomic mass is 79.9. The summed E-state index contributed by atoms with van der Waals surface area (Å²) in [7, 11) is 0. The molecule has 2 aromatic rings. The second-order valence-corrected chi connectivity index (χ2v) is 11.2. The summed E-state index contributed by atoms with van der Waals surface area (Å²) >= 11 is 16.0. The summed E-state index contributed by atoms with van der Waals surface area (Å²) in [4.78, 5) is 27.9. The van der Waals surface area contributed by atoms with E-state index in [9.17, 15) is 9.59 Å². The Balaban J connectivity index is 2.25. The molecule has 5 nitrogen and oxygen atoms in total. The summed E-state index contributed by atoms with van der Waals surface area (Å²) in [5.41, 5.74) is 1.85. The lowest BCUT2D eigenvalue weighted by Crippen LogP contribution is -2.50. The zero-order valence-corrected chi connectivity index (χ0v) is 24.2. The molecule has 0 aliphatic rings. The van der Waals surface area contributed by atoms with Crippen LogP contribution in [0.4, 0.5) is 0 Å². The van der Waals surface area contributed by atoms with Crippen LogP contribution in [0, 0.1) is 0 Å². The fourth-order valence-corrected chi connectivity index (χ4v) is 4.53. The fourth-order valence-electron chi connectivity index (χ4n) is 3.57. The Morgan fingerprint density at radius 3 is 2.40 bits per heavy atom. The number of carbonyl (C=O) groups is 2. The van der Waals surface area contributed by atoms with E-state index in [0.717, 1.165) is 22.9 Å². The quantitative estimate of drug-likeness (QED) is 0.285. The van der Waals surface area contributed by atoms with E-state index in [1.165, 1.54) is 4.90 Å². The number of carbonyl (C=O) groups excluding carboxylic acids is 2. The van der Waals surface area contributed by atoms with Gasteiger partial charge in [0.05, 0.1) is 4.47 Å². The van der Waals surface area contributed by atoms with Crippen molar-refractivity contribution in [1.82, 2.24) is 10.2 Å². The number of rotatable bonds is 11. The van der Waals surface area contributed by atoms with Crippen molar-refractivity contribution in [3.05, 3.63) is 62.0 Å². The molecule has 0 bridgehead atoms. The molecule has 0 aromatic heterocycles. The fraction of sp³-hybridized carbons (Fsp3) is 0.481. The van der Waals surface area contributed by atoms with Crippen LogP contribution in [0.25, 0.3) is 0 Å². The van der Waals surface area contributed by atoms with Gasteiger partial charge in [-0.1, -0.05) is 76.4 Å².